The zero-order valence-electron chi connectivity index (χ0n) is 16.2. The van der Waals surface area contributed by atoms with Crippen LogP contribution in [-0.4, -0.2) is 41.5 Å². The number of aryl methyl sites for hydroxylation is 1. The van der Waals surface area contributed by atoms with Crippen molar-refractivity contribution in [3.63, 3.8) is 0 Å². The third-order valence-electron chi connectivity index (χ3n) is 5.42. The summed E-state index contributed by atoms with van der Waals surface area (Å²) in [6.45, 7) is 4.99. The summed E-state index contributed by atoms with van der Waals surface area (Å²) in [4.78, 5) is 19.3. The van der Waals surface area contributed by atoms with Crippen LogP contribution in [0.4, 0.5) is 0 Å². The van der Waals surface area contributed by atoms with Gasteiger partial charge in [0.1, 0.15) is 5.01 Å². The van der Waals surface area contributed by atoms with Gasteiger partial charge in [-0.1, -0.05) is 29.8 Å². The largest absolute Gasteiger partial charge is 0.342 e. The third-order valence-corrected chi connectivity index (χ3v) is 6.36. The van der Waals surface area contributed by atoms with Gasteiger partial charge in [-0.05, 0) is 45.1 Å². The van der Waals surface area contributed by atoms with E-state index < -0.39 is 0 Å². The number of piperidine rings is 1. The average molecular weight is 442 g/mol. The fourth-order valence-electron chi connectivity index (χ4n) is 3.47. The van der Waals surface area contributed by atoms with Crippen LogP contribution in [0.1, 0.15) is 36.9 Å². The van der Waals surface area contributed by atoms with E-state index in [0.717, 1.165) is 48.1 Å². The van der Waals surface area contributed by atoms with Gasteiger partial charge < -0.3 is 10.2 Å². The van der Waals surface area contributed by atoms with E-state index in [2.05, 4.69) is 41.5 Å². The second kappa shape index (κ2) is 10.6. The lowest BCUT2D eigenvalue weighted by Crippen LogP contribution is -2.45. The molecule has 0 atom stereocenters. The quantitative estimate of drug-likeness (QED) is 0.717. The molecule has 2 fully saturated rings. The first-order valence-electron chi connectivity index (χ1n) is 9.70. The number of aromatic nitrogens is 1. The summed E-state index contributed by atoms with van der Waals surface area (Å²) in [6.07, 6.45) is 5.35. The van der Waals surface area contributed by atoms with Crippen LogP contribution in [0.3, 0.4) is 0 Å². The molecule has 4 rings (SSSR count). The van der Waals surface area contributed by atoms with Gasteiger partial charge in [-0.25, -0.2) is 4.98 Å². The van der Waals surface area contributed by atoms with Crippen molar-refractivity contribution in [2.24, 2.45) is 5.92 Å². The highest BCUT2D eigenvalue weighted by Crippen LogP contribution is 2.28. The number of thiazole rings is 1. The molecule has 1 aromatic heterocycles. The Kier molecular flexibility index (Phi) is 8.75. The first kappa shape index (κ1) is 23.1. The maximum Gasteiger partial charge on any atom is 0.228 e. The molecule has 1 N–H and O–H groups in total. The van der Waals surface area contributed by atoms with Crippen LogP contribution in [-0.2, 0) is 11.2 Å². The minimum Gasteiger partial charge on any atom is -0.342 e. The minimum absolute atomic E-state index is 0. The number of likely N-dealkylation sites (tertiary alicyclic amines) is 1. The molecule has 28 heavy (non-hydrogen) atoms. The fraction of sp³-hybridized carbons (Fsp3) is 0.524. The van der Waals surface area contributed by atoms with E-state index in [9.17, 15) is 4.79 Å². The topological polar surface area (TPSA) is 45.2 Å². The number of rotatable bonds is 6. The number of hydrogen-bond donors (Lipinski definition) is 1. The molecule has 2 aromatic rings. The van der Waals surface area contributed by atoms with E-state index in [4.69, 9.17) is 0 Å². The number of nitrogens with zero attached hydrogens (tertiary/aromatic N) is 2. The van der Waals surface area contributed by atoms with Gasteiger partial charge in [0.15, 0.2) is 0 Å². The molecule has 2 aliphatic rings. The molecule has 0 bridgehead atoms. The zero-order chi connectivity index (χ0) is 17.9. The van der Waals surface area contributed by atoms with Crippen LogP contribution in [0.25, 0.3) is 10.6 Å². The maximum absolute atomic E-state index is 12.6. The molecule has 154 valence electrons. The number of amides is 1. The van der Waals surface area contributed by atoms with Gasteiger partial charge in [0, 0.05) is 30.1 Å². The Hall–Kier alpha value is -1.14. The molecule has 1 saturated carbocycles. The number of benzene rings is 1. The Morgan fingerprint density at radius 1 is 1.14 bits per heavy atom. The van der Waals surface area contributed by atoms with Crippen LogP contribution in [0, 0.1) is 12.8 Å². The highest BCUT2D eigenvalue weighted by molar-refractivity contribution is 7.13. The molecule has 1 amide bonds. The summed E-state index contributed by atoms with van der Waals surface area (Å²) in [5.74, 6) is 1.13. The van der Waals surface area contributed by atoms with E-state index in [1.807, 2.05) is 10.3 Å². The number of hydrogen-bond acceptors (Lipinski definition) is 4. The molecule has 0 unspecified atom stereocenters. The van der Waals surface area contributed by atoms with E-state index in [-0.39, 0.29) is 30.7 Å². The van der Waals surface area contributed by atoms with Crippen LogP contribution in [0.2, 0.25) is 0 Å². The Labute approximate surface area is 183 Å². The predicted octanol–water partition coefficient (Wildman–Crippen LogP) is 4.50. The van der Waals surface area contributed by atoms with Gasteiger partial charge in [-0.15, -0.1) is 36.2 Å². The summed E-state index contributed by atoms with van der Waals surface area (Å²) in [5.41, 5.74) is 3.27. The Morgan fingerprint density at radius 2 is 1.82 bits per heavy atom. The summed E-state index contributed by atoms with van der Waals surface area (Å²) < 4.78 is 0. The number of halogens is 2. The Bertz CT molecular complexity index is 753. The molecule has 2 heterocycles. The summed E-state index contributed by atoms with van der Waals surface area (Å²) in [7, 11) is 0. The van der Waals surface area contributed by atoms with Gasteiger partial charge in [0.2, 0.25) is 5.91 Å². The minimum atomic E-state index is 0. The standard InChI is InChI=1S/C21H27N3OS.2ClH/c1-15-2-6-17(7-3-15)21-23-19(14-26-21)12-20(25)24-10-8-18(9-11-24)22-13-16-4-5-16;;/h2-3,6-7,14,16,18,22H,4-5,8-13H2,1H3;2*1H. The zero-order valence-corrected chi connectivity index (χ0v) is 18.7. The molecule has 0 spiro atoms. The molecule has 0 radical (unpaired) electrons. The summed E-state index contributed by atoms with van der Waals surface area (Å²) >= 11 is 1.62. The van der Waals surface area contributed by atoms with Crippen LogP contribution in [0.15, 0.2) is 29.6 Å². The van der Waals surface area contributed by atoms with E-state index in [1.165, 1.54) is 24.9 Å². The van der Waals surface area contributed by atoms with Gasteiger partial charge in [0.05, 0.1) is 12.1 Å². The number of nitrogens with one attached hydrogen (secondary N) is 1. The molecule has 1 aliphatic heterocycles. The molecule has 1 aromatic carbocycles. The molecule has 1 saturated heterocycles. The predicted molar refractivity (Wildman–Crippen MR) is 121 cm³/mol. The first-order chi connectivity index (χ1) is 12.7. The second-order valence-corrected chi connectivity index (χ2v) is 8.55. The van der Waals surface area contributed by atoms with Gasteiger partial charge in [0.25, 0.3) is 0 Å². The van der Waals surface area contributed by atoms with Crippen LogP contribution >= 0.6 is 36.2 Å². The van der Waals surface area contributed by atoms with Gasteiger partial charge >= 0.3 is 0 Å². The fourth-order valence-corrected chi connectivity index (χ4v) is 4.30. The van der Waals surface area contributed by atoms with E-state index >= 15 is 0 Å². The monoisotopic (exact) mass is 441 g/mol. The highest BCUT2D eigenvalue weighted by atomic mass is 35.5. The van der Waals surface area contributed by atoms with Crippen molar-refractivity contribution in [2.45, 2.75) is 45.1 Å². The van der Waals surface area contributed by atoms with Crippen molar-refractivity contribution in [2.75, 3.05) is 19.6 Å². The van der Waals surface area contributed by atoms with Crippen molar-refractivity contribution >= 4 is 42.1 Å². The molecule has 4 nitrogen and oxygen atoms in total. The molecular formula is C21H29Cl2N3OS. The SMILES string of the molecule is Cc1ccc(-c2nc(CC(=O)N3CCC(NCC4CC4)CC3)cs2)cc1.Cl.Cl. The summed E-state index contributed by atoms with van der Waals surface area (Å²) in [5, 5.41) is 6.69. The average Bonchev–Trinajstić information content (AvgIpc) is 3.38. The first-order valence-corrected chi connectivity index (χ1v) is 10.6. The van der Waals surface area contributed by atoms with E-state index in [0.29, 0.717) is 12.5 Å². The lowest BCUT2D eigenvalue weighted by Gasteiger charge is -2.32. The van der Waals surface area contributed by atoms with Gasteiger partial charge in [-0.2, -0.15) is 0 Å². The van der Waals surface area contributed by atoms with Crippen molar-refractivity contribution in [1.29, 1.82) is 0 Å². The Morgan fingerprint density at radius 3 is 2.46 bits per heavy atom. The molecular weight excluding hydrogens is 413 g/mol. The highest BCUT2D eigenvalue weighted by Gasteiger charge is 2.26. The van der Waals surface area contributed by atoms with E-state index in [1.54, 1.807) is 11.3 Å². The lowest BCUT2D eigenvalue weighted by atomic mass is 10.0. The normalized spacial score (nSPS) is 17.0. The summed E-state index contributed by atoms with van der Waals surface area (Å²) in [6, 6.07) is 8.98. The number of carbonyl (C=O) groups excluding carboxylic acids is 1. The molecule has 1 aliphatic carbocycles. The van der Waals surface area contributed by atoms with Crippen LogP contribution < -0.4 is 5.32 Å². The smallest absolute Gasteiger partial charge is 0.228 e. The van der Waals surface area contributed by atoms with Crippen molar-refractivity contribution in [3.8, 4) is 10.6 Å². The van der Waals surface area contributed by atoms with Crippen molar-refractivity contribution in [3.05, 3.63) is 40.9 Å². The van der Waals surface area contributed by atoms with Crippen molar-refractivity contribution < 1.29 is 4.79 Å². The lowest BCUT2D eigenvalue weighted by molar-refractivity contribution is -0.131. The number of carbonyl (C=O) groups is 1. The van der Waals surface area contributed by atoms with Gasteiger partial charge in [-0.3, -0.25) is 4.79 Å². The second-order valence-electron chi connectivity index (χ2n) is 7.69. The van der Waals surface area contributed by atoms with Crippen LogP contribution in [0.5, 0.6) is 0 Å². The molecule has 7 heteroatoms. The van der Waals surface area contributed by atoms with Crippen molar-refractivity contribution in [1.82, 2.24) is 15.2 Å². The maximum atomic E-state index is 12.6. The Balaban J connectivity index is 0.00000140. The third kappa shape index (κ3) is 6.18.